The first-order valence-electron chi connectivity index (χ1n) is 1.82. The molecule has 0 aliphatic carbocycles. The molecule has 1 amide bonds. The second kappa shape index (κ2) is 4.22. The molecule has 7 heavy (non-hydrogen) atoms. The van der Waals surface area contributed by atoms with Crippen LogP contribution in [-0.2, 0) is 23.4 Å². The van der Waals surface area contributed by atoms with Gasteiger partial charge in [-0.05, 0) is 0 Å². The molecule has 41 valence electrons. The first kappa shape index (κ1) is 10.1. The van der Waals surface area contributed by atoms with Crippen molar-refractivity contribution in [1.82, 2.24) is 4.90 Å². The van der Waals surface area contributed by atoms with Crippen molar-refractivity contribution >= 4 is 5.91 Å². The van der Waals surface area contributed by atoms with Gasteiger partial charge in [0.15, 0.2) is 0 Å². The van der Waals surface area contributed by atoms with Gasteiger partial charge >= 0.3 is 0 Å². The van der Waals surface area contributed by atoms with Crippen molar-refractivity contribution in [3.05, 3.63) is 0 Å². The molecule has 0 saturated heterocycles. The molecular weight excluding hydrogens is 129 g/mol. The molecule has 0 heterocycles. The Balaban J connectivity index is 0. The number of hydrogen-bond acceptors (Lipinski definition) is 1. The molecule has 0 N–H and O–H groups in total. The average Bonchev–Trinajstić information content (AvgIpc) is 1.36. The normalized spacial score (nSPS) is 6.71. The summed E-state index contributed by atoms with van der Waals surface area (Å²) >= 11 is 0. The summed E-state index contributed by atoms with van der Waals surface area (Å²) in [4.78, 5) is 11.6. The maximum absolute atomic E-state index is 10.1. The number of amides is 1. The molecule has 0 aromatic rings. The van der Waals surface area contributed by atoms with Crippen molar-refractivity contribution in [3.8, 4) is 0 Å². The Kier molecular flexibility index (Phi) is 6.10. The quantitative estimate of drug-likeness (QED) is 0.464. The van der Waals surface area contributed by atoms with Crippen molar-refractivity contribution in [1.29, 1.82) is 0 Å². The Morgan fingerprint density at radius 3 is 1.57 bits per heavy atom. The van der Waals surface area contributed by atoms with Crippen LogP contribution in [0.2, 0.25) is 0 Å². The van der Waals surface area contributed by atoms with Crippen molar-refractivity contribution < 1.29 is 23.4 Å². The van der Waals surface area contributed by atoms with Gasteiger partial charge in [0.25, 0.3) is 0 Å². The Bertz CT molecular complexity index is 62.7. The number of hydrogen-bond donors (Lipinski definition) is 0. The number of carbonyl (C=O) groups excluding carboxylic acids is 1. The molecule has 0 spiro atoms. The maximum atomic E-state index is 10.1. The zero-order valence-electron chi connectivity index (χ0n) is 4.80. The number of rotatable bonds is 0. The largest absolute Gasteiger partial charge is 0.349 e. The SMILES string of the molecule is CC(=O)N(C)C.[V]. The van der Waals surface area contributed by atoms with Crippen LogP contribution in [0.1, 0.15) is 6.92 Å². The molecule has 0 rings (SSSR count). The van der Waals surface area contributed by atoms with Gasteiger partial charge in [-0.1, -0.05) is 0 Å². The van der Waals surface area contributed by atoms with Gasteiger partial charge in [0, 0.05) is 39.6 Å². The van der Waals surface area contributed by atoms with Crippen LogP contribution in [0.3, 0.4) is 0 Å². The summed E-state index contributed by atoms with van der Waals surface area (Å²) in [5, 5.41) is 0. The van der Waals surface area contributed by atoms with E-state index in [2.05, 4.69) is 0 Å². The molecule has 0 aliphatic rings. The van der Waals surface area contributed by atoms with Gasteiger partial charge in [-0.2, -0.15) is 0 Å². The van der Waals surface area contributed by atoms with Crippen LogP contribution in [0.5, 0.6) is 0 Å². The van der Waals surface area contributed by atoms with Crippen LogP contribution < -0.4 is 0 Å². The van der Waals surface area contributed by atoms with Gasteiger partial charge in [-0.3, -0.25) is 4.79 Å². The fourth-order valence-corrected chi connectivity index (χ4v) is 0. The van der Waals surface area contributed by atoms with Gasteiger partial charge in [-0.15, -0.1) is 0 Å². The maximum Gasteiger partial charge on any atom is 0.218 e. The Labute approximate surface area is 55.8 Å². The summed E-state index contributed by atoms with van der Waals surface area (Å²) < 4.78 is 0. The molecule has 0 atom stereocenters. The molecule has 0 aromatic carbocycles. The summed E-state index contributed by atoms with van der Waals surface area (Å²) in [6.45, 7) is 1.53. The molecule has 3 heteroatoms. The molecule has 0 unspecified atom stereocenters. The topological polar surface area (TPSA) is 20.3 Å². The molecule has 0 saturated carbocycles. The van der Waals surface area contributed by atoms with Gasteiger partial charge in [0.05, 0.1) is 0 Å². The van der Waals surface area contributed by atoms with Crippen LogP contribution in [0.15, 0.2) is 0 Å². The van der Waals surface area contributed by atoms with Crippen LogP contribution in [0.4, 0.5) is 0 Å². The average molecular weight is 138 g/mol. The van der Waals surface area contributed by atoms with E-state index in [1.807, 2.05) is 0 Å². The van der Waals surface area contributed by atoms with E-state index in [0.29, 0.717) is 0 Å². The van der Waals surface area contributed by atoms with E-state index >= 15 is 0 Å². The number of nitrogens with zero attached hydrogens (tertiary/aromatic N) is 1. The monoisotopic (exact) mass is 138 g/mol. The minimum absolute atomic E-state index is 0. The first-order chi connectivity index (χ1) is 2.64. The second-order valence-corrected chi connectivity index (χ2v) is 1.41. The minimum atomic E-state index is 0. The van der Waals surface area contributed by atoms with Gasteiger partial charge in [0.2, 0.25) is 5.91 Å². The van der Waals surface area contributed by atoms with E-state index in [-0.39, 0.29) is 24.5 Å². The van der Waals surface area contributed by atoms with Gasteiger partial charge < -0.3 is 4.90 Å². The fraction of sp³-hybridized carbons (Fsp3) is 0.750. The molecule has 2 nitrogen and oxygen atoms in total. The third-order valence-corrected chi connectivity index (χ3v) is 0.630. The third kappa shape index (κ3) is 6.05. The molecule has 0 fully saturated rings. The van der Waals surface area contributed by atoms with Gasteiger partial charge in [-0.25, -0.2) is 0 Å². The van der Waals surface area contributed by atoms with Gasteiger partial charge in [0.1, 0.15) is 0 Å². The van der Waals surface area contributed by atoms with Crippen molar-refractivity contribution in [2.24, 2.45) is 0 Å². The van der Waals surface area contributed by atoms with Crippen LogP contribution in [0, 0.1) is 0 Å². The molecular formula is C4H9NOV. The Hall–Kier alpha value is 0.0544. The molecule has 1 radical (unpaired) electrons. The molecule has 0 aromatic heterocycles. The fourth-order valence-electron chi connectivity index (χ4n) is 0. The molecule has 0 aliphatic heterocycles. The van der Waals surface area contributed by atoms with E-state index < -0.39 is 0 Å². The van der Waals surface area contributed by atoms with E-state index in [1.165, 1.54) is 11.8 Å². The summed E-state index contributed by atoms with van der Waals surface area (Å²) in [6, 6.07) is 0. The van der Waals surface area contributed by atoms with Crippen LogP contribution in [0.25, 0.3) is 0 Å². The van der Waals surface area contributed by atoms with E-state index in [9.17, 15) is 4.79 Å². The Morgan fingerprint density at radius 2 is 1.57 bits per heavy atom. The molecule has 0 bridgehead atoms. The third-order valence-electron chi connectivity index (χ3n) is 0.630. The zero-order valence-corrected chi connectivity index (χ0v) is 6.20. The van der Waals surface area contributed by atoms with Crippen LogP contribution >= 0.6 is 0 Å². The Morgan fingerprint density at radius 1 is 1.43 bits per heavy atom. The summed E-state index contributed by atoms with van der Waals surface area (Å²) in [6.07, 6.45) is 0. The predicted molar refractivity (Wildman–Crippen MR) is 24.4 cm³/mol. The number of carbonyl (C=O) groups is 1. The van der Waals surface area contributed by atoms with E-state index in [4.69, 9.17) is 0 Å². The van der Waals surface area contributed by atoms with Crippen molar-refractivity contribution in [2.75, 3.05) is 14.1 Å². The first-order valence-corrected chi connectivity index (χ1v) is 1.82. The van der Waals surface area contributed by atoms with Crippen molar-refractivity contribution in [2.45, 2.75) is 6.92 Å². The smallest absolute Gasteiger partial charge is 0.218 e. The summed E-state index contributed by atoms with van der Waals surface area (Å²) in [5.74, 6) is 0.0926. The summed E-state index contributed by atoms with van der Waals surface area (Å²) in [7, 11) is 3.45. The van der Waals surface area contributed by atoms with E-state index in [0.717, 1.165) is 0 Å². The second-order valence-electron chi connectivity index (χ2n) is 1.41. The standard InChI is InChI=1S/C4H9NO.V/c1-4(6)5(2)3;/h1-3H3;. The minimum Gasteiger partial charge on any atom is -0.349 e. The van der Waals surface area contributed by atoms with E-state index in [1.54, 1.807) is 14.1 Å². The van der Waals surface area contributed by atoms with Crippen molar-refractivity contribution in [3.63, 3.8) is 0 Å². The predicted octanol–water partition coefficient (Wildman–Crippen LogP) is 0.0920. The summed E-state index contributed by atoms with van der Waals surface area (Å²) in [5.41, 5.74) is 0. The zero-order chi connectivity index (χ0) is 5.15. The van der Waals surface area contributed by atoms with Crippen LogP contribution in [-0.4, -0.2) is 24.9 Å².